The molecule has 0 saturated carbocycles. The van der Waals surface area contributed by atoms with Gasteiger partial charge in [-0.3, -0.25) is 5.10 Å². The number of aromatic amines is 1. The third-order valence-electron chi connectivity index (χ3n) is 2.55. The van der Waals surface area contributed by atoms with Gasteiger partial charge >= 0.3 is 0 Å². The lowest BCUT2D eigenvalue weighted by Crippen LogP contribution is -1.92. The molecule has 0 amide bonds. The molecule has 0 aliphatic heterocycles. The van der Waals surface area contributed by atoms with E-state index in [1.54, 1.807) is 11.3 Å². The summed E-state index contributed by atoms with van der Waals surface area (Å²) in [6.07, 6.45) is 0. The number of nitrogens with zero attached hydrogens (tertiary/aromatic N) is 2. The van der Waals surface area contributed by atoms with Crippen LogP contribution in [-0.4, -0.2) is 15.2 Å². The van der Waals surface area contributed by atoms with Crippen molar-refractivity contribution in [3.63, 3.8) is 0 Å². The van der Waals surface area contributed by atoms with E-state index in [-0.39, 0.29) is 0 Å². The van der Waals surface area contributed by atoms with E-state index < -0.39 is 0 Å². The average molecular weight is 323 g/mol. The number of anilines is 2. The van der Waals surface area contributed by atoms with E-state index in [2.05, 4.69) is 27.4 Å². The predicted molar refractivity (Wildman–Crippen MR) is 84.3 cm³/mol. The minimum Gasteiger partial charge on any atom is -0.323 e. The first kappa shape index (κ1) is 13.5. The summed E-state index contributed by atoms with van der Waals surface area (Å²) in [5, 5.41) is 13.6. The predicted octanol–water partition coefficient (Wildman–Crippen LogP) is 4.72. The number of H-pyrrole nitrogens is 1. The summed E-state index contributed by atoms with van der Waals surface area (Å²) < 4.78 is 1.00. The van der Waals surface area contributed by atoms with Crippen molar-refractivity contribution < 1.29 is 0 Å². The Labute approximate surface area is 129 Å². The molecule has 102 valence electrons. The number of nitrogens with one attached hydrogen (secondary N) is 2. The zero-order chi connectivity index (χ0) is 13.9. The lowest BCUT2D eigenvalue weighted by Gasteiger charge is -2.01. The number of rotatable bonds is 4. The molecule has 0 atom stereocenters. The number of hydrogen-bond donors (Lipinski definition) is 2. The Bertz CT molecular complexity index is 705. The molecule has 0 radical (unpaired) electrons. The molecule has 2 N–H and O–H groups in total. The smallest absolute Gasteiger partial charge is 0.247 e. The maximum absolute atomic E-state index is 6.05. The third kappa shape index (κ3) is 3.15. The zero-order valence-corrected chi connectivity index (χ0v) is 12.9. The molecule has 4 nitrogen and oxygen atoms in total. The molecule has 3 aromatic rings. The molecule has 0 aliphatic rings. The monoisotopic (exact) mass is 322 g/mol. The van der Waals surface area contributed by atoms with Gasteiger partial charge in [0.25, 0.3) is 0 Å². The van der Waals surface area contributed by atoms with Gasteiger partial charge in [-0.1, -0.05) is 29.3 Å². The van der Waals surface area contributed by atoms with Gasteiger partial charge in [-0.2, -0.15) is 4.98 Å². The maximum Gasteiger partial charge on any atom is 0.247 e. The second kappa shape index (κ2) is 5.87. The van der Waals surface area contributed by atoms with Crippen LogP contribution in [0.3, 0.4) is 0 Å². The Morgan fingerprint density at radius 3 is 2.75 bits per heavy atom. The molecule has 0 fully saturated rings. The van der Waals surface area contributed by atoms with E-state index in [0.717, 1.165) is 14.9 Å². The number of aryl methyl sites for hydroxylation is 1. The number of aromatic nitrogens is 3. The SMILES string of the molecule is Cc1ccc(Nc2n[nH]c(Sc3sccc3Cl)n2)cc1. The molecule has 0 spiro atoms. The van der Waals surface area contributed by atoms with Gasteiger partial charge in [0.05, 0.1) is 9.23 Å². The van der Waals surface area contributed by atoms with Gasteiger partial charge in [-0.25, -0.2) is 0 Å². The summed E-state index contributed by atoms with van der Waals surface area (Å²) in [5.41, 5.74) is 2.18. The summed E-state index contributed by atoms with van der Waals surface area (Å²) in [5.74, 6) is 0.545. The maximum atomic E-state index is 6.05. The minimum absolute atomic E-state index is 0.545. The van der Waals surface area contributed by atoms with Crippen molar-refractivity contribution in [1.29, 1.82) is 0 Å². The van der Waals surface area contributed by atoms with E-state index in [0.29, 0.717) is 11.1 Å². The van der Waals surface area contributed by atoms with E-state index in [9.17, 15) is 0 Å². The van der Waals surface area contributed by atoms with Crippen LogP contribution in [0.1, 0.15) is 5.56 Å². The fourth-order valence-electron chi connectivity index (χ4n) is 1.55. The Morgan fingerprint density at radius 2 is 2.05 bits per heavy atom. The number of benzene rings is 1. The Morgan fingerprint density at radius 1 is 1.25 bits per heavy atom. The van der Waals surface area contributed by atoms with E-state index in [1.807, 2.05) is 35.7 Å². The average Bonchev–Trinajstić information content (AvgIpc) is 3.03. The molecule has 1 aromatic carbocycles. The highest BCUT2D eigenvalue weighted by Gasteiger charge is 2.09. The molecular weight excluding hydrogens is 312 g/mol. The highest BCUT2D eigenvalue weighted by molar-refractivity contribution is 8.01. The summed E-state index contributed by atoms with van der Waals surface area (Å²) in [6, 6.07) is 9.94. The fourth-order valence-corrected chi connectivity index (χ4v) is 3.61. The van der Waals surface area contributed by atoms with Crippen LogP contribution in [0.15, 0.2) is 45.1 Å². The van der Waals surface area contributed by atoms with Gasteiger partial charge in [0.15, 0.2) is 5.16 Å². The molecule has 0 unspecified atom stereocenters. The van der Waals surface area contributed by atoms with Gasteiger partial charge in [0, 0.05) is 5.69 Å². The molecule has 7 heteroatoms. The normalized spacial score (nSPS) is 10.7. The van der Waals surface area contributed by atoms with Crippen molar-refractivity contribution >= 4 is 46.3 Å². The molecule has 20 heavy (non-hydrogen) atoms. The lowest BCUT2D eigenvalue weighted by molar-refractivity contribution is 0.975. The largest absolute Gasteiger partial charge is 0.323 e. The van der Waals surface area contributed by atoms with Crippen LogP contribution in [0.5, 0.6) is 0 Å². The van der Waals surface area contributed by atoms with Crippen LogP contribution in [-0.2, 0) is 0 Å². The molecule has 0 saturated heterocycles. The van der Waals surface area contributed by atoms with Crippen LogP contribution in [0, 0.1) is 6.92 Å². The molecule has 3 rings (SSSR count). The van der Waals surface area contributed by atoms with Crippen molar-refractivity contribution in [2.75, 3.05) is 5.32 Å². The first-order valence-corrected chi connectivity index (χ1v) is 7.95. The van der Waals surface area contributed by atoms with E-state index >= 15 is 0 Å². The van der Waals surface area contributed by atoms with Crippen molar-refractivity contribution in [3.05, 3.63) is 46.3 Å². The number of halogens is 1. The van der Waals surface area contributed by atoms with E-state index in [4.69, 9.17) is 11.6 Å². The van der Waals surface area contributed by atoms with Gasteiger partial charge in [0.2, 0.25) is 5.95 Å². The third-order valence-corrected chi connectivity index (χ3v) is 5.11. The number of thiophene rings is 1. The van der Waals surface area contributed by atoms with Crippen LogP contribution < -0.4 is 5.32 Å². The van der Waals surface area contributed by atoms with Crippen LogP contribution in [0.25, 0.3) is 0 Å². The topological polar surface area (TPSA) is 53.6 Å². The highest BCUT2D eigenvalue weighted by Crippen LogP contribution is 2.36. The van der Waals surface area contributed by atoms with E-state index in [1.165, 1.54) is 17.3 Å². The molecule has 2 heterocycles. The van der Waals surface area contributed by atoms with Gasteiger partial charge in [-0.05, 0) is 42.3 Å². The van der Waals surface area contributed by atoms with Gasteiger partial charge in [-0.15, -0.1) is 16.4 Å². The highest BCUT2D eigenvalue weighted by atomic mass is 35.5. The summed E-state index contributed by atoms with van der Waals surface area (Å²) >= 11 is 9.11. The molecule has 0 aliphatic carbocycles. The molecular formula is C13H11ClN4S2. The lowest BCUT2D eigenvalue weighted by atomic mass is 10.2. The first-order chi connectivity index (χ1) is 9.70. The Kier molecular flexibility index (Phi) is 3.95. The van der Waals surface area contributed by atoms with Crippen molar-refractivity contribution in [2.24, 2.45) is 0 Å². The standard InChI is InChI=1S/C13H11ClN4S2/c1-8-2-4-9(5-3-8)15-12-16-13(18-17-12)20-11-10(14)6-7-19-11/h2-7H,1H3,(H2,15,16,17,18). The van der Waals surface area contributed by atoms with Gasteiger partial charge < -0.3 is 5.32 Å². The summed E-state index contributed by atoms with van der Waals surface area (Å²) in [6.45, 7) is 2.05. The van der Waals surface area contributed by atoms with Crippen molar-refractivity contribution in [1.82, 2.24) is 15.2 Å². The Balaban J connectivity index is 1.70. The van der Waals surface area contributed by atoms with Crippen LogP contribution >= 0.6 is 34.7 Å². The van der Waals surface area contributed by atoms with Crippen molar-refractivity contribution in [3.8, 4) is 0 Å². The van der Waals surface area contributed by atoms with Crippen LogP contribution in [0.4, 0.5) is 11.6 Å². The number of hydrogen-bond acceptors (Lipinski definition) is 5. The second-order valence-electron chi connectivity index (χ2n) is 4.11. The van der Waals surface area contributed by atoms with Crippen molar-refractivity contribution in [2.45, 2.75) is 16.3 Å². The molecule has 2 aromatic heterocycles. The Hall–Kier alpha value is -1.50. The quantitative estimate of drug-likeness (QED) is 0.729. The first-order valence-electron chi connectivity index (χ1n) is 5.87. The second-order valence-corrected chi connectivity index (χ2v) is 6.69. The zero-order valence-electron chi connectivity index (χ0n) is 10.6. The van der Waals surface area contributed by atoms with Crippen LogP contribution in [0.2, 0.25) is 5.02 Å². The summed E-state index contributed by atoms with van der Waals surface area (Å²) in [7, 11) is 0. The minimum atomic E-state index is 0.545. The summed E-state index contributed by atoms with van der Waals surface area (Å²) in [4.78, 5) is 4.38. The molecule has 0 bridgehead atoms. The van der Waals surface area contributed by atoms with Gasteiger partial charge in [0.1, 0.15) is 0 Å². The fraction of sp³-hybridized carbons (Fsp3) is 0.0769.